The third-order valence-corrected chi connectivity index (χ3v) is 1.72. The van der Waals surface area contributed by atoms with Crippen molar-refractivity contribution in [2.24, 2.45) is 5.73 Å². The first kappa shape index (κ1) is 9.98. The normalized spacial score (nSPS) is 11.3. The van der Waals surface area contributed by atoms with E-state index in [0.717, 1.165) is 6.07 Å². The molecule has 0 aliphatic rings. The number of hydrogen-bond acceptors (Lipinski definition) is 1. The first-order valence-corrected chi connectivity index (χ1v) is 3.80. The smallest absolute Gasteiger partial charge is 0.389 e. The average molecular weight is 205 g/mol. The van der Waals surface area contributed by atoms with Crippen LogP contribution in [0.3, 0.4) is 0 Å². The second kappa shape index (κ2) is 3.33. The number of rotatable bonds is 1. The van der Waals surface area contributed by atoms with Gasteiger partial charge in [-0.1, -0.05) is 30.4 Å². The number of hydrogen-bond donors (Lipinski definition) is 1. The molecule has 0 heterocycles. The summed E-state index contributed by atoms with van der Waals surface area (Å²) in [6.07, 6.45) is -4.40. The van der Waals surface area contributed by atoms with Gasteiger partial charge in [-0.05, 0) is 6.07 Å². The fraction of sp³-hybridized carbons (Fsp3) is 0.125. The summed E-state index contributed by atoms with van der Waals surface area (Å²) >= 11 is 4.50. The average Bonchev–Trinajstić information content (AvgIpc) is 2.03. The molecule has 1 nitrogen and oxygen atoms in total. The number of halogens is 3. The summed E-state index contributed by atoms with van der Waals surface area (Å²) in [6.45, 7) is 0. The fourth-order valence-electron chi connectivity index (χ4n) is 0.945. The minimum absolute atomic E-state index is 0.134. The lowest BCUT2D eigenvalue weighted by Gasteiger charge is -2.10. The van der Waals surface area contributed by atoms with E-state index in [2.05, 4.69) is 12.2 Å². The maximum atomic E-state index is 12.3. The molecule has 0 bridgehead atoms. The van der Waals surface area contributed by atoms with E-state index in [1.54, 1.807) is 0 Å². The van der Waals surface area contributed by atoms with Crippen molar-refractivity contribution >= 4 is 17.2 Å². The molecule has 1 aromatic rings. The molecule has 0 aromatic heterocycles. The quantitative estimate of drug-likeness (QED) is 0.712. The van der Waals surface area contributed by atoms with Crippen molar-refractivity contribution in [3.05, 3.63) is 35.4 Å². The van der Waals surface area contributed by atoms with Gasteiger partial charge in [0.05, 0.1) is 5.56 Å². The summed E-state index contributed by atoms with van der Waals surface area (Å²) in [5.41, 5.74) is 4.22. The summed E-state index contributed by atoms with van der Waals surface area (Å²) in [6, 6.07) is 4.97. The molecule has 70 valence electrons. The van der Waals surface area contributed by atoms with Crippen LogP contribution in [0.5, 0.6) is 0 Å². The molecular formula is C8H6F3NS. The molecule has 0 unspecified atom stereocenters. The predicted octanol–water partition coefficient (Wildman–Crippen LogP) is 2.34. The predicted molar refractivity (Wildman–Crippen MR) is 47.3 cm³/mol. The molecule has 0 saturated carbocycles. The van der Waals surface area contributed by atoms with Gasteiger partial charge in [-0.25, -0.2) is 0 Å². The summed E-state index contributed by atoms with van der Waals surface area (Å²) in [5.74, 6) is 0. The second-order valence-corrected chi connectivity index (χ2v) is 2.85. The first-order chi connectivity index (χ1) is 5.93. The highest BCUT2D eigenvalue weighted by molar-refractivity contribution is 7.80. The van der Waals surface area contributed by atoms with Crippen LogP contribution in [0.1, 0.15) is 11.1 Å². The SMILES string of the molecule is NC(=S)c1ccccc1C(F)(F)F. The van der Waals surface area contributed by atoms with Gasteiger partial charge in [-0.3, -0.25) is 0 Å². The highest BCUT2D eigenvalue weighted by atomic mass is 32.1. The summed E-state index contributed by atoms with van der Waals surface area (Å²) in [7, 11) is 0. The van der Waals surface area contributed by atoms with E-state index in [1.807, 2.05) is 0 Å². The van der Waals surface area contributed by atoms with Crippen molar-refractivity contribution in [2.75, 3.05) is 0 Å². The van der Waals surface area contributed by atoms with Gasteiger partial charge in [0.2, 0.25) is 0 Å². The molecule has 5 heteroatoms. The maximum absolute atomic E-state index is 12.3. The molecule has 0 fully saturated rings. The maximum Gasteiger partial charge on any atom is 0.417 e. The van der Waals surface area contributed by atoms with Crippen LogP contribution in [-0.4, -0.2) is 4.99 Å². The van der Waals surface area contributed by atoms with Crippen LogP contribution in [0.15, 0.2) is 24.3 Å². The Morgan fingerprint density at radius 1 is 1.23 bits per heavy atom. The minimum Gasteiger partial charge on any atom is -0.389 e. The lowest BCUT2D eigenvalue weighted by atomic mass is 10.1. The van der Waals surface area contributed by atoms with Crippen LogP contribution >= 0.6 is 12.2 Å². The molecule has 0 spiro atoms. The third-order valence-electron chi connectivity index (χ3n) is 1.50. The van der Waals surface area contributed by atoms with E-state index in [-0.39, 0.29) is 10.6 Å². The van der Waals surface area contributed by atoms with Gasteiger partial charge >= 0.3 is 6.18 Å². The van der Waals surface area contributed by atoms with Crippen molar-refractivity contribution in [1.82, 2.24) is 0 Å². The number of benzene rings is 1. The number of thiocarbonyl (C=S) groups is 1. The van der Waals surface area contributed by atoms with Crippen LogP contribution < -0.4 is 5.73 Å². The third kappa shape index (κ3) is 2.18. The van der Waals surface area contributed by atoms with Crippen LogP contribution in [0.2, 0.25) is 0 Å². The zero-order valence-electron chi connectivity index (χ0n) is 6.43. The van der Waals surface area contributed by atoms with E-state index < -0.39 is 11.7 Å². The van der Waals surface area contributed by atoms with Gasteiger partial charge in [0, 0.05) is 5.56 Å². The molecular weight excluding hydrogens is 199 g/mol. The van der Waals surface area contributed by atoms with Crippen LogP contribution in [-0.2, 0) is 6.18 Å². The van der Waals surface area contributed by atoms with Gasteiger partial charge in [-0.15, -0.1) is 0 Å². The highest BCUT2D eigenvalue weighted by Crippen LogP contribution is 2.31. The van der Waals surface area contributed by atoms with Crippen LogP contribution in [0.4, 0.5) is 13.2 Å². The lowest BCUT2D eigenvalue weighted by Crippen LogP contribution is -2.17. The molecule has 2 N–H and O–H groups in total. The summed E-state index contributed by atoms with van der Waals surface area (Å²) in [5, 5.41) is 0. The van der Waals surface area contributed by atoms with E-state index in [0.29, 0.717) is 0 Å². The van der Waals surface area contributed by atoms with Crippen molar-refractivity contribution in [3.8, 4) is 0 Å². The Morgan fingerprint density at radius 3 is 2.15 bits per heavy atom. The Morgan fingerprint density at radius 2 is 1.77 bits per heavy atom. The Labute approximate surface area is 78.4 Å². The second-order valence-electron chi connectivity index (χ2n) is 2.41. The molecule has 1 aromatic carbocycles. The Balaban J connectivity index is 3.28. The molecule has 0 aliphatic carbocycles. The van der Waals surface area contributed by atoms with Crippen LogP contribution in [0.25, 0.3) is 0 Å². The Bertz CT molecular complexity index is 332. The largest absolute Gasteiger partial charge is 0.417 e. The topological polar surface area (TPSA) is 26.0 Å². The molecule has 0 saturated heterocycles. The van der Waals surface area contributed by atoms with Crippen molar-refractivity contribution in [2.45, 2.75) is 6.18 Å². The fourth-order valence-corrected chi connectivity index (χ4v) is 1.12. The highest BCUT2D eigenvalue weighted by Gasteiger charge is 2.33. The van der Waals surface area contributed by atoms with E-state index in [9.17, 15) is 13.2 Å². The van der Waals surface area contributed by atoms with Gasteiger partial charge < -0.3 is 5.73 Å². The van der Waals surface area contributed by atoms with Crippen molar-refractivity contribution in [1.29, 1.82) is 0 Å². The zero-order valence-corrected chi connectivity index (χ0v) is 7.25. The van der Waals surface area contributed by atoms with E-state index >= 15 is 0 Å². The van der Waals surface area contributed by atoms with Crippen molar-refractivity contribution < 1.29 is 13.2 Å². The van der Waals surface area contributed by atoms with E-state index in [4.69, 9.17) is 5.73 Å². The zero-order chi connectivity index (χ0) is 10.1. The molecule has 0 atom stereocenters. The Hall–Kier alpha value is -1.10. The molecule has 0 radical (unpaired) electrons. The Kier molecular flexibility index (Phi) is 2.56. The van der Waals surface area contributed by atoms with Gasteiger partial charge in [0.1, 0.15) is 4.99 Å². The van der Waals surface area contributed by atoms with Crippen LogP contribution in [0, 0.1) is 0 Å². The molecule has 0 aliphatic heterocycles. The molecule has 1 rings (SSSR count). The molecule has 13 heavy (non-hydrogen) atoms. The lowest BCUT2D eigenvalue weighted by molar-refractivity contribution is -0.137. The standard InChI is InChI=1S/C8H6F3NS/c9-8(10,11)6-4-2-1-3-5(6)7(12)13/h1-4H,(H2,12,13). The van der Waals surface area contributed by atoms with E-state index in [1.165, 1.54) is 18.2 Å². The van der Waals surface area contributed by atoms with Crippen molar-refractivity contribution in [3.63, 3.8) is 0 Å². The summed E-state index contributed by atoms with van der Waals surface area (Å²) in [4.78, 5) is -0.243. The molecule has 0 amide bonds. The number of nitrogens with two attached hydrogens (primary N) is 1. The first-order valence-electron chi connectivity index (χ1n) is 3.39. The van der Waals surface area contributed by atoms with Gasteiger partial charge in [0.25, 0.3) is 0 Å². The minimum atomic E-state index is -4.40. The van der Waals surface area contributed by atoms with Gasteiger partial charge in [-0.2, -0.15) is 13.2 Å². The summed E-state index contributed by atoms with van der Waals surface area (Å²) < 4.78 is 36.9. The monoisotopic (exact) mass is 205 g/mol. The number of alkyl halides is 3. The van der Waals surface area contributed by atoms with Gasteiger partial charge in [0.15, 0.2) is 0 Å².